The molecule has 0 saturated heterocycles. The first-order chi connectivity index (χ1) is 14.2. The molecular formula is C25H47NO3. The minimum absolute atomic E-state index is 0.223. The van der Waals surface area contributed by atoms with Gasteiger partial charge in [-0.25, -0.2) is 4.79 Å². The average molecular weight is 410 g/mol. The first kappa shape index (κ1) is 27.7. The first-order valence-corrected chi connectivity index (χ1v) is 12.3. The minimum atomic E-state index is -0.454. The number of hydrogen-bond donors (Lipinski definition) is 1. The van der Waals surface area contributed by atoms with E-state index in [2.05, 4.69) is 12.2 Å². The topological polar surface area (TPSA) is 55.4 Å². The standard InChI is InChI=1S/C25H47NO3/c1-3-5-6-7-8-9-10-11-12-13-14-15-16-17-18-19-22-26-24(27)20-21-25(28)29-23-4-2/h20-21H,3-19,22-23H2,1-2H3,(H,26,27)/b21-20-. The highest BCUT2D eigenvalue weighted by atomic mass is 16.5. The lowest BCUT2D eigenvalue weighted by atomic mass is 10.0. The molecule has 0 aromatic heterocycles. The fourth-order valence-corrected chi connectivity index (χ4v) is 3.34. The van der Waals surface area contributed by atoms with Crippen molar-refractivity contribution in [1.82, 2.24) is 5.32 Å². The maximum atomic E-state index is 11.6. The molecule has 0 aromatic rings. The van der Waals surface area contributed by atoms with Crippen LogP contribution in [0.3, 0.4) is 0 Å². The summed E-state index contributed by atoms with van der Waals surface area (Å²) in [6.07, 6.45) is 24.7. The fourth-order valence-electron chi connectivity index (χ4n) is 3.34. The summed E-state index contributed by atoms with van der Waals surface area (Å²) in [6.45, 7) is 5.27. The molecule has 0 atom stereocenters. The van der Waals surface area contributed by atoms with Gasteiger partial charge >= 0.3 is 5.97 Å². The van der Waals surface area contributed by atoms with Crippen molar-refractivity contribution in [2.75, 3.05) is 13.2 Å². The van der Waals surface area contributed by atoms with Crippen LogP contribution in [0, 0.1) is 0 Å². The number of amides is 1. The van der Waals surface area contributed by atoms with Crippen LogP contribution in [0.4, 0.5) is 0 Å². The number of esters is 1. The summed E-state index contributed by atoms with van der Waals surface area (Å²) >= 11 is 0. The van der Waals surface area contributed by atoms with Gasteiger partial charge in [-0.2, -0.15) is 0 Å². The van der Waals surface area contributed by atoms with Crippen LogP contribution < -0.4 is 5.32 Å². The van der Waals surface area contributed by atoms with Gasteiger partial charge in [0.25, 0.3) is 0 Å². The van der Waals surface area contributed by atoms with Gasteiger partial charge in [0.2, 0.25) is 5.91 Å². The van der Waals surface area contributed by atoms with E-state index in [0.29, 0.717) is 13.2 Å². The Balaban J connectivity index is 3.24. The van der Waals surface area contributed by atoms with Crippen LogP contribution >= 0.6 is 0 Å². The molecular weight excluding hydrogens is 362 g/mol. The van der Waals surface area contributed by atoms with Crippen LogP contribution in [0.15, 0.2) is 12.2 Å². The molecule has 0 aromatic carbocycles. The second-order valence-electron chi connectivity index (χ2n) is 8.10. The number of unbranched alkanes of at least 4 members (excludes halogenated alkanes) is 15. The molecule has 0 radical (unpaired) electrons. The highest BCUT2D eigenvalue weighted by Crippen LogP contribution is 2.13. The molecule has 1 amide bonds. The monoisotopic (exact) mass is 409 g/mol. The Morgan fingerprint density at radius 1 is 0.621 bits per heavy atom. The summed E-state index contributed by atoms with van der Waals surface area (Å²) in [5.74, 6) is -0.677. The van der Waals surface area contributed by atoms with Gasteiger partial charge in [-0.05, 0) is 12.8 Å². The summed E-state index contributed by atoms with van der Waals surface area (Å²) < 4.78 is 4.87. The third-order valence-corrected chi connectivity index (χ3v) is 5.15. The Labute approximate surface area is 180 Å². The van der Waals surface area contributed by atoms with Gasteiger partial charge in [0.1, 0.15) is 0 Å². The van der Waals surface area contributed by atoms with Crippen molar-refractivity contribution < 1.29 is 14.3 Å². The predicted molar refractivity (Wildman–Crippen MR) is 123 cm³/mol. The predicted octanol–water partition coefficient (Wildman–Crippen LogP) is 6.87. The maximum absolute atomic E-state index is 11.6. The first-order valence-electron chi connectivity index (χ1n) is 12.3. The molecule has 0 aliphatic heterocycles. The molecule has 1 N–H and O–H groups in total. The largest absolute Gasteiger partial charge is 0.463 e. The Hall–Kier alpha value is -1.32. The summed E-state index contributed by atoms with van der Waals surface area (Å²) in [7, 11) is 0. The zero-order valence-corrected chi connectivity index (χ0v) is 19.3. The van der Waals surface area contributed by atoms with Crippen LogP contribution in [0.1, 0.15) is 123 Å². The molecule has 29 heavy (non-hydrogen) atoms. The zero-order chi connectivity index (χ0) is 21.4. The van der Waals surface area contributed by atoms with E-state index in [-0.39, 0.29) is 5.91 Å². The van der Waals surface area contributed by atoms with Gasteiger partial charge < -0.3 is 10.1 Å². The minimum Gasteiger partial charge on any atom is -0.463 e. The Morgan fingerprint density at radius 3 is 1.52 bits per heavy atom. The molecule has 0 aliphatic carbocycles. The van der Waals surface area contributed by atoms with E-state index in [1.54, 1.807) is 0 Å². The van der Waals surface area contributed by atoms with E-state index in [1.807, 2.05) is 6.92 Å². The van der Waals surface area contributed by atoms with Crippen molar-refractivity contribution in [1.29, 1.82) is 0 Å². The third-order valence-electron chi connectivity index (χ3n) is 5.15. The normalized spacial score (nSPS) is 11.1. The van der Waals surface area contributed by atoms with Gasteiger partial charge in [0.05, 0.1) is 6.61 Å². The summed E-state index contributed by atoms with van der Waals surface area (Å²) in [5.41, 5.74) is 0. The van der Waals surface area contributed by atoms with Gasteiger partial charge in [0, 0.05) is 18.7 Å². The SMILES string of the molecule is CCCCCCCCCCCCCCCCCCNC(=O)/C=C\C(=O)OCCC. The van der Waals surface area contributed by atoms with E-state index in [1.165, 1.54) is 102 Å². The van der Waals surface area contributed by atoms with Gasteiger partial charge in [0.15, 0.2) is 0 Å². The van der Waals surface area contributed by atoms with Crippen molar-refractivity contribution in [2.45, 2.75) is 123 Å². The molecule has 0 saturated carbocycles. The van der Waals surface area contributed by atoms with E-state index < -0.39 is 5.97 Å². The summed E-state index contributed by atoms with van der Waals surface area (Å²) in [5, 5.41) is 2.81. The molecule has 0 unspecified atom stereocenters. The molecule has 4 heteroatoms. The molecule has 0 bridgehead atoms. The Kier molecular flexibility index (Phi) is 21.9. The second kappa shape index (κ2) is 23.0. The third kappa shape index (κ3) is 22.8. The lowest BCUT2D eigenvalue weighted by molar-refractivity contribution is -0.138. The highest BCUT2D eigenvalue weighted by molar-refractivity contribution is 5.94. The van der Waals surface area contributed by atoms with E-state index >= 15 is 0 Å². The highest BCUT2D eigenvalue weighted by Gasteiger charge is 1.99. The van der Waals surface area contributed by atoms with Gasteiger partial charge in [-0.3, -0.25) is 4.79 Å². The molecule has 0 fully saturated rings. The van der Waals surface area contributed by atoms with E-state index in [4.69, 9.17) is 4.74 Å². The number of carbonyl (C=O) groups is 2. The van der Waals surface area contributed by atoms with E-state index in [0.717, 1.165) is 19.3 Å². The van der Waals surface area contributed by atoms with Crippen LogP contribution in [0.2, 0.25) is 0 Å². The lowest BCUT2D eigenvalue weighted by Gasteiger charge is -2.04. The zero-order valence-electron chi connectivity index (χ0n) is 19.3. The molecule has 170 valence electrons. The van der Waals surface area contributed by atoms with Crippen molar-refractivity contribution in [3.05, 3.63) is 12.2 Å². The summed E-state index contributed by atoms with van der Waals surface area (Å²) in [4.78, 5) is 22.8. The van der Waals surface area contributed by atoms with Crippen molar-refractivity contribution in [3.63, 3.8) is 0 Å². The Bertz CT molecular complexity index is 407. The van der Waals surface area contributed by atoms with Crippen LogP contribution in [-0.2, 0) is 14.3 Å². The molecule has 0 rings (SSSR count). The lowest BCUT2D eigenvalue weighted by Crippen LogP contribution is -2.22. The van der Waals surface area contributed by atoms with E-state index in [9.17, 15) is 9.59 Å². The van der Waals surface area contributed by atoms with Crippen molar-refractivity contribution >= 4 is 11.9 Å². The molecule has 0 spiro atoms. The fraction of sp³-hybridized carbons (Fsp3) is 0.840. The van der Waals surface area contributed by atoms with Crippen LogP contribution in [0.5, 0.6) is 0 Å². The summed E-state index contributed by atoms with van der Waals surface area (Å²) in [6, 6.07) is 0. The number of hydrogen-bond acceptors (Lipinski definition) is 3. The van der Waals surface area contributed by atoms with Gasteiger partial charge in [-0.15, -0.1) is 0 Å². The molecule has 4 nitrogen and oxygen atoms in total. The van der Waals surface area contributed by atoms with Gasteiger partial charge in [-0.1, -0.05) is 110 Å². The van der Waals surface area contributed by atoms with Crippen molar-refractivity contribution in [3.8, 4) is 0 Å². The number of nitrogens with one attached hydrogen (secondary N) is 1. The number of ether oxygens (including phenoxy) is 1. The maximum Gasteiger partial charge on any atom is 0.330 e. The van der Waals surface area contributed by atoms with Crippen LogP contribution in [0.25, 0.3) is 0 Å². The molecule has 0 aliphatic rings. The quantitative estimate of drug-likeness (QED) is 0.128. The second-order valence-corrected chi connectivity index (χ2v) is 8.10. The molecule has 0 heterocycles. The number of carbonyl (C=O) groups excluding carboxylic acids is 2. The smallest absolute Gasteiger partial charge is 0.330 e. The van der Waals surface area contributed by atoms with Crippen LogP contribution in [-0.4, -0.2) is 25.0 Å². The van der Waals surface area contributed by atoms with Crippen molar-refractivity contribution in [2.24, 2.45) is 0 Å². The average Bonchev–Trinajstić information content (AvgIpc) is 2.72. The number of rotatable bonds is 21. The Morgan fingerprint density at radius 2 is 1.07 bits per heavy atom.